The van der Waals surface area contributed by atoms with Crippen LogP contribution in [0.3, 0.4) is 0 Å². The predicted octanol–water partition coefficient (Wildman–Crippen LogP) is 4.39. The van der Waals surface area contributed by atoms with Crippen molar-refractivity contribution in [2.75, 3.05) is 13.7 Å². The number of carbonyl (C=O) groups excluding carboxylic acids is 2. The molecule has 2 aromatic carbocycles. The predicted molar refractivity (Wildman–Crippen MR) is 133 cm³/mol. The molecule has 5 nitrogen and oxygen atoms in total. The monoisotopic (exact) mass is 459 g/mol. The van der Waals surface area contributed by atoms with Gasteiger partial charge in [-0.3, -0.25) is 4.79 Å². The van der Waals surface area contributed by atoms with Crippen LogP contribution >= 0.6 is 0 Å². The molecule has 5 heteroatoms. The van der Waals surface area contributed by atoms with Crippen LogP contribution in [0.5, 0.6) is 0 Å². The van der Waals surface area contributed by atoms with Crippen molar-refractivity contribution in [1.29, 1.82) is 0 Å². The number of benzene rings is 2. The fourth-order valence-corrected chi connectivity index (χ4v) is 4.06. The molecule has 0 unspecified atom stereocenters. The molecular formula is C29H33NO4. The number of aryl methyl sites for hydroxylation is 1. The molecule has 0 spiro atoms. The summed E-state index contributed by atoms with van der Waals surface area (Å²) < 4.78 is 4.78. The fraction of sp³-hybridized carbons (Fsp3) is 0.379. The van der Waals surface area contributed by atoms with Gasteiger partial charge in [0.15, 0.2) is 0 Å². The van der Waals surface area contributed by atoms with E-state index in [1.165, 1.54) is 7.11 Å². The van der Waals surface area contributed by atoms with E-state index in [1.807, 2.05) is 72.5 Å². The lowest BCUT2D eigenvalue weighted by Gasteiger charge is -2.23. The number of ether oxygens (including phenoxy) is 1. The molecule has 178 valence electrons. The second-order valence-corrected chi connectivity index (χ2v) is 8.71. The zero-order valence-electron chi connectivity index (χ0n) is 19.9. The minimum Gasteiger partial charge on any atom is -0.465 e. The van der Waals surface area contributed by atoms with Gasteiger partial charge in [0, 0.05) is 24.9 Å². The van der Waals surface area contributed by atoms with Crippen molar-refractivity contribution in [1.82, 2.24) is 4.90 Å². The molecule has 0 radical (unpaired) electrons. The molecule has 1 aliphatic heterocycles. The first-order valence-corrected chi connectivity index (χ1v) is 11.8. The lowest BCUT2D eigenvalue weighted by atomic mass is 9.99. The van der Waals surface area contributed by atoms with Crippen LogP contribution in [0.4, 0.5) is 0 Å². The Bertz CT molecular complexity index is 1050. The Balaban J connectivity index is 1.49. The minimum atomic E-state index is -0.608. The first-order valence-electron chi connectivity index (χ1n) is 11.8. The third-order valence-corrected chi connectivity index (χ3v) is 6.13. The van der Waals surface area contributed by atoms with Gasteiger partial charge in [0.05, 0.1) is 24.8 Å². The van der Waals surface area contributed by atoms with Crippen molar-refractivity contribution >= 4 is 11.9 Å². The number of esters is 1. The molecular weight excluding hydrogens is 426 g/mol. The number of carbonyl (C=O) groups is 2. The number of rotatable bonds is 9. The highest BCUT2D eigenvalue weighted by Gasteiger charge is 2.28. The van der Waals surface area contributed by atoms with Crippen molar-refractivity contribution < 1.29 is 19.4 Å². The molecule has 1 N–H and O–H groups in total. The summed E-state index contributed by atoms with van der Waals surface area (Å²) in [6, 6.07) is 17.2. The van der Waals surface area contributed by atoms with E-state index in [9.17, 15) is 14.7 Å². The smallest absolute Gasteiger partial charge is 0.337 e. The molecule has 0 aromatic heterocycles. The Labute approximate surface area is 202 Å². The maximum absolute atomic E-state index is 12.4. The molecule has 0 saturated carbocycles. The van der Waals surface area contributed by atoms with Gasteiger partial charge in [0.25, 0.3) is 0 Å². The zero-order chi connectivity index (χ0) is 24.3. The van der Waals surface area contributed by atoms with Crippen LogP contribution in [0.15, 0.2) is 66.7 Å². The SMILES string of the molecule is COC(=O)c1cccc(CCCN2C(=O)CC[C@@H]2C=C[C@@H](O)[C@@H](C)CC#Cc2ccccc2)c1. The molecule has 0 bridgehead atoms. The number of amides is 1. The van der Waals surface area contributed by atoms with Crippen LogP contribution < -0.4 is 0 Å². The quantitative estimate of drug-likeness (QED) is 0.343. The number of methoxy groups -OCH3 is 1. The molecule has 2 aromatic rings. The van der Waals surface area contributed by atoms with Gasteiger partial charge in [-0.15, -0.1) is 0 Å². The Morgan fingerprint density at radius 3 is 2.79 bits per heavy atom. The van der Waals surface area contributed by atoms with Gasteiger partial charge in [-0.2, -0.15) is 0 Å². The van der Waals surface area contributed by atoms with Crippen LogP contribution in [0.2, 0.25) is 0 Å². The zero-order valence-corrected chi connectivity index (χ0v) is 19.9. The molecule has 1 fully saturated rings. The topological polar surface area (TPSA) is 66.8 Å². The van der Waals surface area contributed by atoms with Gasteiger partial charge in [0.1, 0.15) is 0 Å². The van der Waals surface area contributed by atoms with Gasteiger partial charge >= 0.3 is 5.97 Å². The van der Waals surface area contributed by atoms with Gasteiger partial charge in [-0.1, -0.05) is 61.2 Å². The lowest BCUT2D eigenvalue weighted by molar-refractivity contribution is -0.128. The van der Waals surface area contributed by atoms with E-state index in [0.29, 0.717) is 24.9 Å². The van der Waals surface area contributed by atoms with Gasteiger partial charge in [-0.05, 0) is 55.0 Å². The maximum atomic E-state index is 12.4. The Hall–Kier alpha value is -3.36. The number of likely N-dealkylation sites (tertiary alicyclic amines) is 1. The first kappa shape index (κ1) is 25.3. The number of aliphatic hydroxyl groups excluding tert-OH is 1. The summed E-state index contributed by atoms with van der Waals surface area (Å²) in [4.78, 5) is 26.0. The van der Waals surface area contributed by atoms with Crippen molar-refractivity contribution in [3.63, 3.8) is 0 Å². The molecule has 3 atom stereocenters. The Morgan fingerprint density at radius 2 is 2.03 bits per heavy atom. The van der Waals surface area contributed by atoms with Crippen molar-refractivity contribution in [3.05, 3.63) is 83.4 Å². The van der Waals surface area contributed by atoms with E-state index in [1.54, 1.807) is 6.07 Å². The summed E-state index contributed by atoms with van der Waals surface area (Å²) in [5.41, 5.74) is 2.55. The van der Waals surface area contributed by atoms with E-state index in [2.05, 4.69) is 11.8 Å². The first-order chi connectivity index (χ1) is 16.5. The number of nitrogens with zero attached hydrogens (tertiary/aromatic N) is 1. The average Bonchev–Trinajstić information content (AvgIpc) is 3.21. The van der Waals surface area contributed by atoms with Crippen LogP contribution in [-0.4, -0.2) is 47.7 Å². The summed E-state index contributed by atoms with van der Waals surface area (Å²) >= 11 is 0. The van der Waals surface area contributed by atoms with Crippen molar-refractivity contribution in [3.8, 4) is 11.8 Å². The minimum absolute atomic E-state index is 0.0000963. The van der Waals surface area contributed by atoms with Gasteiger partial charge in [-0.25, -0.2) is 4.79 Å². The Morgan fingerprint density at radius 1 is 1.24 bits per heavy atom. The summed E-state index contributed by atoms with van der Waals surface area (Å²) in [5.74, 6) is 6.07. The van der Waals surface area contributed by atoms with E-state index in [-0.39, 0.29) is 23.8 Å². The van der Waals surface area contributed by atoms with E-state index in [4.69, 9.17) is 4.74 Å². The van der Waals surface area contributed by atoms with E-state index in [0.717, 1.165) is 30.4 Å². The third-order valence-electron chi connectivity index (χ3n) is 6.13. The Kier molecular flexibility index (Phi) is 9.49. The molecule has 34 heavy (non-hydrogen) atoms. The molecule has 0 aliphatic carbocycles. The van der Waals surface area contributed by atoms with Gasteiger partial charge in [0.2, 0.25) is 5.91 Å². The normalized spacial score (nSPS) is 17.3. The third kappa shape index (κ3) is 7.33. The second-order valence-electron chi connectivity index (χ2n) is 8.71. The number of hydrogen-bond acceptors (Lipinski definition) is 4. The van der Waals surface area contributed by atoms with E-state index < -0.39 is 6.10 Å². The highest BCUT2D eigenvalue weighted by molar-refractivity contribution is 5.89. The van der Waals surface area contributed by atoms with Gasteiger partial charge < -0.3 is 14.7 Å². The van der Waals surface area contributed by atoms with Crippen LogP contribution in [0.1, 0.15) is 54.1 Å². The highest BCUT2D eigenvalue weighted by Crippen LogP contribution is 2.22. The largest absolute Gasteiger partial charge is 0.465 e. The molecule has 3 rings (SSSR count). The van der Waals surface area contributed by atoms with Crippen LogP contribution in [0.25, 0.3) is 0 Å². The van der Waals surface area contributed by atoms with Crippen molar-refractivity contribution in [2.24, 2.45) is 5.92 Å². The van der Waals surface area contributed by atoms with Crippen LogP contribution in [-0.2, 0) is 16.0 Å². The van der Waals surface area contributed by atoms with Crippen LogP contribution in [0, 0.1) is 17.8 Å². The molecule has 1 heterocycles. The molecule has 1 aliphatic rings. The summed E-state index contributed by atoms with van der Waals surface area (Å²) in [6.07, 6.45) is 6.63. The standard InChI is InChI=1S/C29H33NO4/c1-22(9-6-12-23-10-4-3-5-11-23)27(31)18-16-26-17-19-28(32)30(26)20-8-14-24-13-7-15-25(21-24)29(33)34-2/h3-5,7,10-11,13,15-16,18,21-22,26-27,31H,8-9,14,17,19-20H2,1-2H3/t22-,26-,27+/m0/s1. The number of hydrogen-bond donors (Lipinski definition) is 1. The number of aliphatic hydroxyl groups is 1. The average molecular weight is 460 g/mol. The second kappa shape index (κ2) is 12.8. The molecule has 1 saturated heterocycles. The molecule has 1 amide bonds. The van der Waals surface area contributed by atoms with E-state index >= 15 is 0 Å². The summed E-state index contributed by atoms with van der Waals surface area (Å²) in [7, 11) is 1.37. The summed E-state index contributed by atoms with van der Waals surface area (Å²) in [5, 5.41) is 10.5. The maximum Gasteiger partial charge on any atom is 0.337 e. The summed E-state index contributed by atoms with van der Waals surface area (Å²) in [6.45, 7) is 2.62. The highest BCUT2D eigenvalue weighted by atomic mass is 16.5. The fourth-order valence-electron chi connectivity index (χ4n) is 4.06. The van der Waals surface area contributed by atoms with Crippen molar-refractivity contribution in [2.45, 2.75) is 51.2 Å². The lowest BCUT2D eigenvalue weighted by Crippen LogP contribution is -2.33.